The number of alkyl halides is 4. The molecule has 1 saturated heterocycles. The third-order valence-corrected chi connectivity index (χ3v) is 7.31. The monoisotopic (exact) mass is 455 g/mol. The summed E-state index contributed by atoms with van der Waals surface area (Å²) >= 11 is 5.72. The Kier molecular flexibility index (Phi) is 7.45. The highest BCUT2D eigenvalue weighted by Crippen LogP contribution is 2.32. The molecule has 1 aliphatic heterocycles. The number of nitrogens with one attached hydrogen (secondary N) is 1. The molecule has 1 aromatic rings. The first-order valence-corrected chi connectivity index (χ1v) is 11.3. The van der Waals surface area contributed by atoms with E-state index in [0.717, 1.165) is 12.1 Å². The summed E-state index contributed by atoms with van der Waals surface area (Å²) in [6.45, 7) is 4.20. The van der Waals surface area contributed by atoms with Crippen LogP contribution in [-0.2, 0) is 21.0 Å². The molecule has 1 aromatic carbocycles. The van der Waals surface area contributed by atoms with Crippen molar-refractivity contribution in [1.82, 2.24) is 9.62 Å². The van der Waals surface area contributed by atoms with Crippen LogP contribution < -0.4 is 10.2 Å². The minimum absolute atomic E-state index is 0.0324. The lowest BCUT2D eigenvalue weighted by molar-refractivity contribution is -0.137. The van der Waals surface area contributed by atoms with Crippen LogP contribution in [-0.4, -0.2) is 63.0 Å². The van der Waals surface area contributed by atoms with Gasteiger partial charge in [0.2, 0.25) is 15.9 Å². The van der Waals surface area contributed by atoms with Crippen LogP contribution in [0.1, 0.15) is 19.4 Å². The standard InChI is InChI=1S/C18H25ClF3N3O3S/c1-17(2,13-19)16(26)23-6-11-29(27,28)25-9-7-24(8-10-25)15-5-3-4-14(12-15)18(20,21)22/h3-5,12H,6-11,13H2,1-2H3,(H,23,26). The highest BCUT2D eigenvalue weighted by molar-refractivity contribution is 7.89. The molecule has 0 aliphatic carbocycles. The molecule has 29 heavy (non-hydrogen) atoms. The van der Waals surface area contributed by atoms with Crippen molar-refractivity contribution in [1.29, 1.82) is 0 Å². The van der Waals surface area contributed by atoms with Crippen LogP contribution in [0.3, 0.4) is 0 Å². The molecule has 1 fully saturated rings. The van der Waals surface area contributed by atoms with Gasteiger partial charge in [0.1, 0.15) is 0 Å². The number of hydrogen-bond acceptors (Lipinski definition) is 4. The predicted molar refractivity (Wildman–Crippen MR) is 107 cm³/mol. The Balaban J connectivity index is 1.90. The van der Waals surface area contributed by atoms with Crippen molar-refractivity contribution in [3.63, 3.8) is 0 Å². The van der Waals surface area contributed by atoms with Gasteiger partial charge < -0.3 is 10.2 Å². The third-order valence-electron chi connectivity index (χ3n) is 4.76. The molecule has 0 saturated carbocycles. The zero-order valence-corrected chi connectivity index (χ0v) is 17.9. The van der Waals surface area contributed by atoms with Gasteiger partial charge in [-0.2, -0.15) is 17.5 Å². The smallest absolute Gasteiger partial charge is 0.369 e. The highest BCUT2D eigenvalue weighted by atomic mass is 35.5. The van der Waals surface area contributed by atoms with E-state index in [0.29, 0.717) is 5.69 Å². The maximum absolute atomic E-state index is 12.9. The Bertz CT molecular complexity index is 823. The minimum Gasteiger partial charge on any atom is -0.369 e. The molecule has 2 rings (SSSR count). The Morgan fingerprint density at radius 2 is 1.79 bits per heavy atom. The molecule has 0 aromatic heterocycles. The van der Waals surface area contributed by atoms with Crippen molar-refractivity contribution in [2.45, 2.75) is 20.0 Å². The Hall–Kier alpha value is -1.52. The maximum Gasteiger partial charge on any atom is 0.416 e. The van der Waals surface area contributed by atoms with Crippen LogP contribution >= 0.6 is 11.6 Å². The average Bonchev–Trinajstić information content (AvgIpc) is 2.67. The van der Waals surface area contributed by atoms with Gasteiger partial charge in [0.05, 0.1) is 16.7 Å². The van der Waals surface area contributed by atoms with Crippen molar-refractivity contribution < 1.29 is 26.4 Å². The van der Waals surface area contributed by atoms with Crippen LogP contribution in [0.15, 0.2) is 24.3 Å². The van der Waals surface area contributed by atoms with Gasteiger partial charge >= 0.3 is 6.18 Å². The van der Waals surface area contributed by atoms with E-state index >= 15 is 0 Å². The molecule has 0 unspecified atom stereocenters. The number of rotatable bonds is 7. The summed E-state index contributed by atoms with van der Waals surface area (Å²) in [7, 11) is -3.59. The Morgan fingerprint density at radius 1 is 1.17 bits per heavy atom. The average molecular weight is 456 g/mol. The van der Waals surface area contributed by atoms with Gasteiger partial charge in [-0.15, -0.1) is 11.6 Å². The molecule has 1 heterocycles. The molecule has 1 N–H and O–H groups in total. The van der Waals surface area contributed by atoms with E-state index in [1.165, 1.54) is 10.4 Å². The van der Waals surface area contributed by atoms with Gasteiger partial charge in [0.15, 0.2) is 0 Å². The van der Waals surface area contributed by atoms with E-state index in [9.17, 15) is 26.4 Å². The van der Waals surface area contributed by atoms with Crippen molar-refractivity contribution >= 4 is 33.2 Å². The van der Waals surface area contributed by atoms with E-state index in [2.05, 4.69) is 5.32 Å². The Morgan fingerprint density at radius 3 is 2.34 bits per heavy atom. The van der Waals surface area contributed by atoms with Gasteiger partial charge in [-0.05, 0) is 32.0 Å². The largest absolute Gasteiger partial charge is 0.416 e. The summed E-state index contributed by atoms with van der Waals surface area (Å²) in [5.74, 6) is -0.457. The molecule has 1 aliphatic rings. The maximum atomic E-state index is 12.9. The number of halogens is 4. The van der Waals surface area contributed by atoms with E-state index in [1.807, 2.05) is 0 Å². The lowest BCUT2D eigenvalue weighted by atomic mass is 9.95. The van der Waals surface area contributed by atoms with Crippen LogP contribution in [0, 0.1) is 5.41 Å². The number of benzene rings is 1. The van der Waals surface area contributed by atoms with Crippen molar-refractivity contribution in [2.24, 2.45) is 5.41 Å². The SMILES string of the molecule is CC(C)(CCl)C(=O)NCCS(=O)(=O)N1CCN(c2cccc(C(F)(F)F)c2)CC1. The molecule has 0 spiro atoms. The quantitative estimate of drug-likeness (QED) is 0.641. The van der Waals surface area contributed by atoms with E-state index in [4.69, 9.17) is 11.6 Å². The summed E-state index contributed by atoms with van der Waals surface area (Å²) in [6.07, 6.45) is -4.43. The molecule has 0 radical (unpaired) electrons. The topological polar surface area (TPSA) is 69.7 Å². The number of sulfonamides is 1. The number of amides is 1. The number of hydrogen-bond donors (Lipinski definition) is 1. The number of carbonyl (C=O) groups is 1. The zero-order chi connectivity index (χ0) is 21.9. The second-order valence-corrected chi connectivity index (χ2v) is 9.88. The van der Waals surface area contributed by atoms with E-state index in [1.54, 1.807) is 24.8 Å². The second-order valence-electron chi connectivity index (χ2n) is 7.52. The summed E-state index contributed by atoms with van der Waals surface area (Å²) in [6, 6.07) is 4.99. The fourth-order valence-corrected chi connectivity index (χ4v) is 4.29. The summed E-state index contributed by atoms with van der Waals surface area (Å²) in [4.78, 5) is 13.7. The number of carbonyl (C=O) groups excluding carboxylic acids is 1. The van der Waals surface area contributed by atoms with Gasteiger partial charge in [-0.25, -0.2) is 8.42 Å². The van der Waals surface area contributed by atoms with Crippen LogP contribution in [0.2, 0.25) is 0 Å². The zero-order valence-electron chi connectivity index (χ0n) is 16.3. The van der Waals surface area contributed by atoms with Crippen molar-refractivity contribution in [3.05, 3.63) is 29.8 Å². The number of nitrogens with zero attached hydrogens (tertiary/aromatic N) is 2. The van der Waals surface area contributed by atoms with Gasteiger partial charge in [0, 0.05) is 44.3 Å². The summed E-state index contributed by atoms with van der Waals surface area (Å²) in [5.41, 5.74) is -1.12. The van der Waals surface area contributed by atoms with Crippen molar-refractivity contribution in [3.8, 4) is 0 Å². The fraction of sp³-hybridized carbons (Fsp3) is 0.611. The minimum atomic E-state index is -4.43. The summed E-state index contributed by atoms with van der Waals surface area (Å²) < 4.78 is 64.9. The molecular weight excluding hydrogens is 431 g/mol. The highest BCUT2D eigenvalue weighted by Gasteiger charge is 2.32. The molecule has 6 nitrogen and oxygen atoms in total. The predicted octanol–water partition coefficient (Wildman–Crippen LogP) is 2.54. The summed E-state index contributed by atoms with van der Waals surface area (Å²) in [5, 5.41) is 2.58. The fourth-order valence-electron chi connectivity index (χ4n) is 2.83. The lowest BCUT2D eigenvalue weighted by Crippen LogP contribution is -2.50. The van der Waals surface area contributed by atoms with Crippen LogP contribution in [0.25, 0.3) is 0 Å². The number of anilines is 1. The van der Waals surface area contributed by atoms with Gasteiger partial charge in [0.25, 0.3) is 0 Å². The lowest BCUT2D eigenvalue weighted by Gasteiger charge is -2.35. The Labute approximate surface area is 174 Å². The molecule has 0 atom stereocenters. The normalized spacial score (nSPS) is 16.7. The van der Waals surface area contributed by atoms with Gasteiger partial charge in [-0.1, -0.05) is 6.07 Å². The first kappa shape index (κ1) is 23.8. The second kappa shape index (κ2) is 9.09. The van der Waals surface area contributed by atoms with Crippen LogP contribution in [0.5, 0.6) is 0 Å². The first-order chi connectivity index (χ1) is 13.4. The van der Waals surface area contributed by atoms with E-state index in [-0.39, 0.29) is 50.3 Å². The van der Waals surface area contributed by atoms with Crippen LogP contribution in [0.4, 0.5) is 18.9 Å². The first-order valence-electron chi connectivity index (χ1n) is 9.11. The number of piperazine rings is 1. The third kappa shape index (κ3) is 6.23. The van der Waals surface area contributed by atoms with Crippen molar-refractivity contribution in [2.75, 3.05) is 49.3 Å². The molecule has 1 amide bonds. The molecular formula is C18H25ClF3N3O3S. The molecule has 164 valence electrons. The van der Waals surface area contributed by atoms with Gasteiger partial charge in [-0.3, -0.25) is 4.79 Å². The molecule has 0 bridgehead atoms. The van der Waals surface area contributed by atoms with E-state index < -0.39 is 27.2 Å². The molecule has 11 heteroatoms.